The molecule has 36 heavy (non-hydrogen) atoms. The molecular weight excluding hydrogens is 535 g/mol. The molecule has 0 atom stereocenters. The van der Waals surface area contributed by atoms with Gasteiger partial charge in [-0.3, -0.25) is 9.36 Å². The number of hydrogen-bond donors (Lipinski definition) is 1. The summed E-state index contributed by atoms with van der Waals surface area (Å²) in [6, 6.07) is 19.0. The van der Waals surface area contributed by atoms with Crippen LogP contribution in [0.3, 0.4) is 0 Å². The molecule has 0 unspecified atom stereocenters. The molecule has 0 saturated heterocycles. The summed E-state index contributed by atoms with van der Waals surface area (Å²) in [5, 5.41) is 14.2. The van der Waals surface area contributed by atoms with E-state index in [0.29, 0.717) is 32.6 Å². The van der Waals surface area contributed by atoms with Crippen molar-refractivity contribution < 1.29 is 4.79 Å². The number of halogens is 3. The van der Waals surface area contributed by atoms with Gasteiger partial charge in [0.15, 0.2) is 11.0 Å². The first-order valence-electron chi connectivity index (χ1n) is 11.6. The summed E-state index contributed by atoms with van der Waals surface area (Å²) in [4.78, 5) is 12.7. The van der Waals surface area contributed by atoms with Crippen LogP contribution in [0.2, 0.25) is 15.1 Å². The number of thioether (sulfide) groups is 1. The predicted octanol–water partition coefficient (Wildman–Crippen LogP) is 7.43. The van der Waals surface area contributed by atoms with Crippen molar-refractivity contribution in [3.63, 3.8) is 0 Å². The lowest BCUT2D eigenvalue weighted by Gasteiger charge is -2.18. The number of para-hydroxylation sites is 1. The Labute approximate surface area is 230 Å². The third kappa shape index (κ3) is 5.89. The fourth-order valence-corrected chi connectivity index (χ4v) is 5.39. The normalized spacial score (nSPS) is 11.0. The van der Waals surface area contributed by atoms with Crippen molar-refractivity contribution in [3.8, 4) is 17.1 Å². The van der Waals surface area contributed by atoms with E-state index < -0.39 is 0 Å². The van der Waals surface area contributed by atoms with E-state index >= 15 is 0 Å². The van der Waals surface area contributed by atoms with Crippen molar-refractivity contribution in [1.29, 1.82) is 0 Å². The summed E-state index contributed by atoms with van der Waals surface area (Å²) in [6.45, 7) is 4.59. The van der Waals surface area contributed by atoms with E-state index in [-0.39, 0.29) is 11.7 Å². The van der Waals surface area contributed by atoms with E-state index in [1.54, 1.807) is 18.2 Å². The molecule has 0 saturated carbocycles. The standard InChI is InChI=1S/C27H25Cl3N4OS/c1-3-17-9-7-10-18(4-2)25(17)34-26(21-13-12-20(28)14-23(21)30)32-33-27(34)36-16-24(35)31-15-19-8-5-6-11-22(19)29/h5-14H,3-4,15-16H2,1-2H3,(H,31,35). The minimum atomic E-state index is -0.125. The molecule has 0 aliphatic carbocycles. The zero-order chi connectivity index (χ0) is 25.7. The minimum absolute atomic E-state index is 0.125. The summed E-state index contributed by atoms with van der Waals surface area (Å²) < 4.78 is 2.01. The van der Waals surface area contributed by atoms with Crippen LogP contribution in [-0.4, -0.2) is 26.4 Å². The molecule has 1 aromatic heterocycles. The van der Waals surface area contributed by atoms with Crippen molar-refractivity contribution in [3.05, 3.63) is 92.4 Å². The van der Waals surface area contributed by atoms with Gasteiger partial charge in [-0.25, -0.2) is 0 Å². The lowest BCUT2D eigenvalue weighted by molar-refractivity contribution is -0.118. The molecule has 4 aromatic rings. The van der Waals surface area contributed by atoms with Crippen molar-refractivity contribution in [1.82, 2.24) is 20.1 Å². The number of aryl methyl sites for hydroxylation is 2. The number of carbonyl (C=O) groups is 1. The van der Waals surface area contributed by atoms with Crippen molar-refractivity contribution in [2.75, 3.05) is 5.75 Å². The first-order valence-corrected chi connectivity index (χ1v) is 13.7. The van der Waals surface area contributed by atoms with Crippen LogP contribution in [-0.2, 0) is 24.2 Å². The van der Waals surface area contributed by atoms with Crippen LogP contribution in [0.5, 0.6) is 0 Å². The number of carbonyl (C=O) groups excluding carboxylic acids is 1. The monoisotopic (exact) mass is 558 g/mol. The van der Waals surface area contributed by atoms with Gasteiger partial charge in [-0.1, -0.05) is 96.8 Å². The van der Waals surface area contributed by atoms with Gasteiger partial charge in [0.2, 0.25) is 5.91 Å². The van der Waals surface area contributed by atoms with Crippen LogP contribution in [0.25, 0.3) is 17.1 Å². The lowest BCUT2D eigenvalue weighted by Crippen LogP contribution is -2.24. The summed E-state index contributed by atoms with van der Waals surface area (Å²) in [5.41, 5.74) is 4.92. The zero-order valence-corrected chi connectivity index (χ0v) is 23.0. The van der Waals surface area contributed by atoms with E-state index in [1.165, 1.54) is 11.8 Å². The number of nitrogens with one attached hydrogen (secondary N) is 1. The van der Waals surface area contributed by atoms with Gasteiger partial charge < -0.3 is 5.32 Å². The maximum atomic E-state index is 12.7. The summed E-state index contributed by atoms with van der Waals surface area (Å²) in [6.07, 6.45) is 1.66. The van der Waals surface area contributed by atoms with Gasteiger partial charge in [0.1, 0.15) is 0 Å². The van der Waals surface area contributed by atoms with Crippen molar-refractivity contribution in [2.45, 2.75) is 38.4 Å². The number of rotatable bonds is 9. The highest BCUT2D eigenvalue weighted by molar-refractivity contribution is 7.99. The first kappa shape index (κ1) is 26.6. The Morgan fingerprint density at radius 2 is 1.58 bits per heavy atom. The van der Waals surface area contributed by atoms with Gasteiger partial charge in [-0.2, -0.15) is 0 Å². The topological polar surface area (TPSA) is 59.8 Å². The Morgan fingerprint density at radius 1 is 0.889 bits per heavy atom. The Kier molecular flexibility index (Phi) is 8.96. The number of benzene rings is 3. The number of hydrogen-bond acceptors (Lipinski definition) is 4. The second-order valence-corrected chi connectivity index (χ2v) is 10.2. The van der Waals surface area contributed by atoms with Gasteiger partial charge in [0.25, 0.3) is 0 Å². The smallest absolute Gasteiger partial charge is 0.230 e. The first-order chi connectivity index (χ1) is 17.4. The third-order valence-electron chi connectivity index (χ3n) is 5.76. The molecule has 3 aromatic carbocycles. The molecule has 0 aliphatic heterocycles. The number of aromatic nitrogens is 3. The summed E-state index contributed by atoms with van der Waals surface area (Å²) >= 11 is 20.3. The zero-order valence-electron chi connectivity index (χ0n) is 19.9. The largest absolute Gasteiger partial charge is 0.351 e. The Hall–Kier alpha value is -2.51. The van der Waals surface area contributed by atoms with E-state index in [2.05, 4.69) is 47.6 Å². The van der Waals surface area contributed by atoms with Crippen LogP contribution in [0, 0.1) is 0 Å². The molecule has 1 amide bonds. The molecular formula is C27H25Cl3N4OS. The molecule has 0 fully saturated rings. The van der Waals surface area contributed by atoms with Gasteiger partial charge in [-0.15, -0.1) is 10.2 Å². The number of amides is 1. The quantitative estimate of drug-likeness (QED) is 0.217. The van der Waals surface area contributed by atoms with Gasteiger partial charge in [0.05, 0.1) is 16.5 Å². The molecule has 4 rings (SSSR count). The van der Waals surface area contributed by atoms with Gasteiger partial charge in [-0.05, 0) is 53.8 Å². The molecule has 0 aliphatic rings. The number of nitrogens with zero attached hydrogens (tertiary/aromatic N) is 3. The predicted molar refractivity (Wildman–Crippen MR) is 150 cm³/mol. The Bertz CT molecular complexity index is 1370. The lowest BCUT2D eigenvalue weighted by atomic mass is 10.0. The van der Waals surface area contributed by atoms with Crippen LogP contribution in [0.1, 0.15) is 30.5 Å². The Balaban J connectivity index is 1.68. The van der Waals surface area contributed by atoms with E-state index in [9.17, 15) is 4.79 Å². The second kappa shape index (κ2) is 12.2. The van der Waals surface area contributed by atoms with Crippen LogP contribution in [0.15, 0.2) is 65.8 Å². The SMILES string of the molecule is CCc1cccc(CC)c1-n1c(SCC(=O)NCc2ccccc2Cl)nnc1-c1ccc(Cl)cc1Cl. The summed E-state index contributed by atoms with van der Waals surface area (Å²) in [5.74, 6) is 0.651. The maximum Gasteiger partial charge on any atom is 0.230 e. The highest BCUT2D eigenvalue weighted by Gasteiger charge is 2.22. The maximum absolute atomic E-state index is 12.7. The van der Waals surface area contributed by atoms with Crippen molar-refractivity contribution in [2.24, 2.45) is 0 Å². The molecule has 186 valence electrons. The molecule has 0 radical (unpaired) electrons. The highest BCUT2D eigenvalue weighted by Crippen LogP contribution is 2.36. The highest BCUT2D eigenvalue weighted by atomic mass is 35.5. The fraction of sp³-hybridized carbons (Fsp3) is 0.222. The summed E-state index contributed by atoms with van der Waals surface area (Å²) in [7, 11) is 0. The van der Waals surface area contributed by atoms with Crippen LogP contribution >= 0.6 is 46.6 Å². The third-order valence-corrected chi connectivity index (χ3v) is 7.61. The molecule has 1 N–H and O–H groups in total. The molecule has 5 nitrogen and oxygen atoms in total. The minimum Gasteiger partial charge on any atom is -0.351 e. The average Bonchev–Trinajstić information content (AvgIpc) is 3.29. The molecule has 1 heterocycles. The van der Waals surface area contributed by atoms with E-state index in [4.69, 9.17) is 34.8 Å². The van der Waals surface area contributed by atoms with Gasteiger partial charge in [0, 0.05) is 22.2 Å². The van der Waals surface area contributed by atoms with Crippen molar-refractivity contribution >= 4 is 52.5 Å². The van der Waals surface area contributed by atoms with E-state index in [1.807, 2.05) is 28.8 Å². The van der Waals surface area contributed by atoms with E-state index in [0.717, 1.165) is 40.8 Å². The molecule has 0 spiro atoms. The second-order valence-electron chi connectivity index (χ2n) is 8.05. The molecule has 9 heteroatoms. The Morgan fingerprint density at radius 3 is 2.25 bits per heavy atom. The van der Waals surface area contributed by atoms with Crippen LogP contribution < -0.4 is 5.32 Å². The van der Waals surface area contributed by atoms with Gasteiger partial charge >= 0.3 is 0 Å². The average molecular weight is 560 g/mol. The fourth-order valence-electron chi connectivity index (χ4n) is 3.93. The van der Waals surface area contributed by atoms with Crippen LogP contribution in [0.4, 0.5) is 0 Å². The molecule has 0 bridgehead atoms.